The van der Waals surface area contributed by atoms with Gasteiger partial charge in [0.25, 0.3) is 11.1 Å². The third-order valence-corrected chi connectivity index (χ3v) is 5.18. The van der Waals surface area contributed by atoms with Gasteiger partial charge >= 0.3 is 5.97 Å². The number of amides is 3. The van der Waals surface area contributed by atoms with E-state index >= 15 is 0 Å². The number of benzene rings is 1. The van der Waals surface area contributed by atoms with Gasteiger partial charge in [-0.3, -0.25) is 24.1 Å². The number of nitrogens with zero attached hydrogens (tertiary/aromatic N) is 2. The lowest BCUT2D eigenvalue weighted by Gasteiger charge is -2.28. The van der Waals surface area contributed by atoms with Crippen molar-refractivity contribution in [2.45, 2.75) is 6.92 Å². The molecule has 2 aliphatic heterocycles. The number of carbonyl (C=O) groups excluding carboxylic acids is 4. The summed E-state index contributed by atoms with van der Waals surface area (Å²) in [7, 11) is 1.43. The van der Waals surface area contributed by atoms with Crippen LogP contribution < -0.4 is 9.47 Å². The number of thioether (sulfide) groups is 1. The monoisotopic (exact) mass is 420 g/mol. The number of hydrogen-bond donors (Lipinski definition) is 0. The molecule has 0 aromatic heterocycles. The molecule has 154 valence electrons. The van der Waals surface area contributed by atoms with E-state index in [0.717, 1.165) is 16.7 Å². The highest BCUT2D eigenvalue weighted by molar-refractivity contribution is 8.18. The molecule has 3 rings (SSSR count). The molecular formula is C19H20N2O7S. The van der Waals surface area contributed by atoms with Gasteiger partial charge in [-0.1, -0.05) is 6.07 Å². The van der Waals surface area contributed by atoms with Crippen molar-refractivity contribution in [2.24, 2.45) is 0 Å². The number of morpholine rings is 1. The Morgan fingerprint density at radius 3 is 2.59 bits per heavy atom. The zero-order valence-corrected chi connectivity index (χ0v) is 16.8. The van der Waals surface area contributed by atoms with Gasteiger partial charge in [-0.25, -0.2) is 0 Å². The molecule has 0 unspecified atom stereocenters. The number of imide groups is 1. The van der Waals surface area contributed by atoms with Gasteiger partial charge in [-0.05, 0) is 35.5 Å². The molecule has 0 saturated carbocycles. The second kappa shape index (κ2) is 9.10. The average molecular weight is 420 g/mol. The van der Waals surface area contributed by atoms with Crippen LogP contribution in [0.25, 0.3) is 6.08 Å². The van der Waals surface area contributed by atoms with Crippen LogP contribution >= 0.6 is 11.8 Å². The summed E-state index contributed by atoms with van der Waals surface area (Å²) in [5.74, 6) is -0.729. The van der Waals surface area contributed by atoms with E-state index in [1.54, 1.807) is 17.0 Å². The molecule has 10 heteroatoms. The first-order valence-corrected chi connectivity index (χ1v) is 9.68. The summed E-state index contributed by atoms with van der Waals surface area (Å²) in [5, 5.41) is -0.494. The normalized spacial score (nSPS) is 18.3. The van der Waals surface area contributed by atoms with Gasteiger partial charge in [-0.15, -0.1) is 0 Å². The predicted octanol–water partition coefficient (Wildman–Crippen LogP) is 1.52. The number of rotatable bonds is 5. The Labute approximate surface area is 171 Å². The highest BCUT2D eigenvalue weighted by Gasteiger charge is 2.37. The molecule has 1 aromatic rings. The van der Waals surface area contributed by atoms with Crippen molar-refractivity contribution in [3.8, 4) is 11.5 Å². The van der Waals surface area contributed by atoms with Crippen LogP contribution in [0.3, 0.4) is 0 Å². The molecule has 0 atom stereocenters. The number of hydrogen-bond acceptors (Lipinski definition) is 8. The van der Waals surface area contributed by atoms with Gasteiger partial charge in [0.05, 0.1) is 25.2 Å². The van der Waals surface area contributed by atoms with Crippen LogP contribution in [-0.2, 0) is 19.1 Å². The lowest BCUT2D eigenvalue weighted by atomic mass is 10.2. The van der Waals surface area contributed by atoms with Crippen molar-refractivity contribution in [2.75, 3.05) is 40.0 Å². The fraction of sp³-hybridized carbons (Fsp3) is 0.368. The highest BCUT2D eigenvalue weighted by atomic mass is 32.2. The molecule has 2 fully saturated rings. The first-order valence-electron chi connectivity index (χ1n) is 8.86. The lowest BCUT2D eigenvalue weighted by Crippen LogP contribution is -2.46. The Balaban J connectivity index is 1.73. The Kier molecular flexibility index (Phi) is 6.55. The molecule has 0 bridgehead atoms. The van der Waals surface area contributed by atoms with Crippen molar-refractivity contribution in [3.05, 3.63) is 28.7 Å². The summed E-state index contributed by atoms with van der Waals surface area (Å²) in [6.45, 7) is 2.76. The van der Waals surface area contributed by atoms with E-state index < -0.39 is 17.1 Å². The number of carbonyl (C=O) groups is 4. The maximum atomic E-state index is 12.6. The Hall–Kier alpha value is -2.85. The van der Waals surface area contributed by atoms with E-state index in [1.807, 2.05) is 0 Å². The summed E-state index contributed by atoms with van der Waals surface area (Å²) in [6, 6.07) is 4.76. The molecule has 1 aromatic carbocycles. The van der Waals surface area contributed by atoms with Crippen molar-refractivity contribution in [1.82, 2.24) is 9.80 Å². The summed E-state index contributed by atoms with van der Waals surface area (Å²) >= 11 is 0.771. The molecule has 0 radical (unpaired) electrons. The van der Waals surface area contributed by atoms with Gasteiger partial charge < -0.3 is 19.1 Å². The summed E-state index contributed by atoms with van der Waals surface area (Å²) in [4.78, 5) is 51.1. The van der Waals surface area contributed by atoms with Gasteiger partial charge in [-0.2, -0.15) is 0 Å². The first-order chi connectivity index (χ1) is 13.9. The molecule has 3 amide bonds. The van der Waals surface area contributed by atoms with Gasteiger partial charge in [0.15, 0.2) is 11.5 Å². The quantitative estimate of drug-likeness (QED) is 0.401. The first kappa shape index (κ1) is 20.9. The second-order valence-electron chi connectivity index (χ2n) is 6.26. The van der Waals surface area contributed by atoms with Crippen molar-refractivity contribution in [1.29, 1.82) is 0 Å². The smallest absolute Gasteiger partial charge is 0.308 e. The Morgan fingerprint density at radius 1 is 1.21 bits per heavy atom. The van der Waals surface area contributed by atoms with E-state index in [9.17, 15) is 19.2 Å². The van der Waals surface area contributed by atoms with Crippen LogP contribution in [0.4, 0.5) is 4.79 Å². The van der Waals surface area contributed by atoms with Crippen LogP contribution in [0.2, 0.25) is 0 Å². The molecule has 2 saturated heterocycles. The standard InChI is InChI=1S/C19H20N2O7S/c1-12(22)28-14-4-3-13(9-15(14)26-2)10-16-18(24)21(19(25)29-16)11-17(23)20-5-7-27-8-6-20/h3-4,9-10H,5-8,11H2,1-2H3/b16-10-. The summed E-state index contributed by atoms with van der Waals surface area (Å²) < 4.78 is 15.5. The van der Waals surface area contributed by atoms with Gasteiger partial charge in [0, 0.05) is 20.0 Å². The van der Waals surface area contributed by atoms with Gasteiger partial charge in [0.2, 0.25) is 5.91 Å². The minimum absolute atomic E-state index is 0.201. The maximum absolute atomic E-state index is 12.6. The van der Waals surface area contributed by atoms with E-state index in [-0.39, 0.29) is 23.1 Å². The van der Waals surface area contributed by atoms with Crippen LogP contribution in [0.1, 0.15) is 12.5 Å². The fourth-order valence-electron chi connectivity index (χ4n) is 2.85. The third-order valence-electron chi connectivity index (χ3n) is 4.27. The molecule has 29 heavy (non-hydrogen) atoms. The van der Waals surface area contributed by atoms with Gasteiger partial charge in [0.1, 0.15) is 6.54 Å². The topological polar surface area (TPSA) is 102 Å². The SMILES string of the molecule is COc1cc(/C=C2\SC(=O)N(CC(=O)N3CCOCC3)C2=O)ccc1OC(C)=O. The highest BCUT2D eigenvalue weighted by Crippen LogP contribution is 2.34. The lowest BCUT2D eigenvalue weighted by molar-refractivity contribution is -0.139. The largest absolute Gasteiger partial charge is 0.493 e. The average Bonchev–Trinajstić information content (AvgIpc) is 2.96. The fourth-order valence-corrected chi connectivity index (χ4v) is 3.69. The van der Waals surface area contributed by atoms with E-state index in [4.69, 9.17) is 14.2 Å². The molecule has 0 spiro atoms. The van der Waals surface area contributed by atoms with Crippen molar-refractivity contribution < 1.29 is 33.4 Å². The van der Waals surface area contributed by atoms with Crippen LogP contribution in [0.5, 0.6) is 11.5 Å². The zero-order chi connectivity index (χ0) is 21.0. The minimum Gasteiger partial charge on any atom is -0.493 e. The van der Waals surface area contributed by atoms with E-state index in [0.29, 0.717) is 37.6 Å². The predicted molar refractivity (Wildman–Crippen MR) is 104 cm³/mol. The van der Waals surface area contributed by atoms with Crippen LogP contribution in [-0.4, -0.2) is 72.8 Å². The summed E-state index contributed by atoms with van der Waals surface area (Å²) in [6.07, 6.45) is 1.53. The van der Waals surface area contributed by atoms with Crippen molar-refractivity contribution in [3.63, 3.8) is 0 Å². The number of esters is 1. The van der Waals surface area contributed by atoms with E-state index in [1.165, 1.54) is 26.2 Å². The van der Waals surface area contributed by atoms with E-state index in [2.05, 4.69) is 0 Å². The third kappa shape index (κ3) is 4.96. The van der Waals surface area contributed by atoms with Crippen LogP contribution in [0, 0.1) is 0 Å². The molecule has 2 aliphatic rings. The molecule has 0 aliphatic carbocycles. The molecule has 9 nitrogen and oxygen atoms in total. The Morgan fingerprint density at radius 2 is 1.93 bits per heavy atom. The second-order valence-corrected chi connectivity index (χ2v) is 7.26. The summed E-state index contributed by atoms with van der Waals surface area (Å²) in [5.41, 5.74) is 0.586. The molecular weight excluding hydrogens is 400 g/mol. The van der Waals surface area contributed by atoms with Crippen molar-refractivity contribution >= 4 is 40.9 Å². The number of ether oxygens (including phenoxy) is 3. The Bertz CT molecular complexity index is 877. The minimum atomic E-state index is -0.523. The zero-order valence-electron chi connectivity index (χ0n) is 16.0. The molecule has 0 N–H and O–H groups in total. The molecule has 2 heterocycles. The maximum Gasteiger partial charge on any atom is 0.308 e. The number of methoxy groups -OCH3 is 1. The van der Waals surface area contributed by atoms with Crippen LogP contribution in [0.15, 0.2) is 23.1 Å².